The zero-order valence-electron chi connectivity index (χ0n) is 15.0. The van der Waals surface area contributed by atoms with Crippen molar-refractivity contribution in [2.24, 2.45) is 0 Å². The highest BCUT2D eigenvalue weighted by molar-refractivity contribution is 5.88. The first-order valence-corrected chi connectivity index (χ1v) is 8.68. The van der Waals surface area contributed by atoms with E-state index < -0.39 is 5.60 Å². The van der Waals surface area contributed by atoms with Crippen LogP contribution in [-0.4, -0.2) is 20.1 Å². The van der Waals surface area contributed by atoms with Crippen LogP contribution in [0.5, 0.6) is 0 Å². The van der Waals surface area contributed by atoms with Crippen LogP contribution in [0.25, 0.3) is 21.9 Å². The zero-order chi connectivity index (χ0) is 18.5. The lowest BCUT2D eigenvalue weighted by molar-refractivity contribution is 0.0691. The van der Waals surface area contributed by atoms with Gasteiger partial charge in [-0.25, -0.2) is 4.98 Å². The molecule has 1 unspecified atom stereocenters. The Morgan fingerprint density at radius 3 is 2.73 bits per heavy atom. The van der Waals surface area contributed by atoms with Gasteiger partial charge in [0.05, 0.1) is 22.7 Å². The number of fused-ring (bicyclic) bond motifs is 2. The second kappa shape index (κ2) is 5.72. The molecule has 0 aliphatic carbocycles. The zero-order valence-corrected chi connectivity index (χ0v) is 15.0. The molecule has 2 aromatic carbocycles. The molecule has 0 aliphatic rings. The number of hydrogen-bond donors (Lipinski definition) is 3. The van der Waals surface area contributed by atoms with Gasteiger partial charge in [-0.3, -0.25) is 0 Å². The van der Waals surface area contributed by atoms with Gasteiger partial charge in [-0.2, -0.15) is 5.26 Å². The molecule has 130 valence electrons. The molecular formula is C21H20N4O. The average molecular weight is 344 g/mol. The first-order valence-electron chi connectivity index (χ1n) is 8.68. The Hall–Kier alpha value is -3.10. The topological polar surface area (TPSA) is 88.5 Å². The SMILES string of the molecule is CCC(O)(c1nc2ccc(C#N)cc2[nH]1)c1c(C)cc(C)c2[nH]ccc12. The number of rotatable bonds is 3. The number of benzene rings is 2. The van der Waals surface area contributed by atoms with E-state index in [1.807, 2.05) is 26.1 Å². The van der Waals surface area contributed by atoms with E-state index in [4.69, 9.17) is 5.26 Å². The molecule has 1 atom stereocenters. The molecule has 4 rings (SSSR count). The number of aliphatic hydroxyl groups is 1. The lowest BCUT2D eigenvalue weighted by Crippen LogP contribution is -2.29. The Kier molecular flexibility index (Phi) is 3.60. The van der Waals surface area contributed by atoms with Crippen LogP contribution in [0.4, 0.5) is 0 Å². The number of nitrogens with zero attached hydrogens (tertiary/aromatic N) is 2. The second-order valence-corrected chi connectivity index (χ2v) is 6.79. The molecule has 0 radical (unpaired) electrons. The Morgan fingerprint density at radius 1 is 1.19 bits per heavy atom. The first-order chi connectivity index (χ1) is 12.5. The highest BCUT2D eigenvalue weighted by atomic mass is 16.3. The molecule has 2 heterocycles. The number of aromatic nitrogens is 3. The molecule has 2 aromatic heterocycles. The molecule has 3 N–H and O–H groups in total. The van der Waals surface area contributed by atoms with Gasteiger partial charge < -0.3 is 15.1 Å². The summed E-state index contributed by atoms with van der Waals surface area (Å²) in [6.45, 7) is 6.03. The van der Waals surface area contributed by atoms with Crippen LogP contribution in [0.3, 0.4) is 0 Å². The van der Waals surface area contributed by atoms with Gasteiger partial charge in [-0.05, 0) is 55.7 Å². The van der Waals surface area contributed by atoms with Crippen LogP contribution in [0.2, 0.25) is 0 Å². The van der Waals surface area contributed by atoms with Crippen molar-refractivity contribution in [2.75, 3.05) is 0 Å². The van der Waals surface area contributed by atoms with Crippen molar-refractivity contribution in [3.05, 3.63) is 64.6 Å². The fourth-order valence-electron chi connectivity index (χ4n) is 3.87. The number of imidazole rings is 1. The summed E-state index contributed by atoms with van der Waals surface area (Å²) in [6, 6.07) is 11.5. The van der Waals surface area contributed by atoms with Crippen LogP contribution >= 0.6 is 0 Å². The summed E-state index contributed by atoms with van der Waals surface area (Å²) in [6.07, 6.45) is 2.37. The van der Waals surface area contributed by atoms with Gasteiger partial charge in [0, 0.05) is 22.7 Å². The van der Waals surface area contributed by atoms with Gasteiger partial charge in [0.25, 0.3) is 0 Å². The van der Waals surface area contributed by atoms with Crippen LogP contribution in [0.1, 0.15) is 41.4 Å². The average Bonchev–Trinajstić information content (AvgIpc) is 3.27. The molecule has 26 heavy (non-hydrogen) atoms. The van der Waals surface area contributed by atoms with E-state index >= 15 is 0 Å². The van der Waals surface area contributed by atoms with Crippen molar-refractivity contribution < 1.29 is 5.11 Å². The fourth-order valence-corrected chi connectivity index (χ4v) is 3.87. The van der Waals surface area contributed by atoms with Crippen LogP contribution in [-0.2, 0) is 5.60 Å². The van der Waals surface area contributed by atoms with E-state index in [0.717, 1.165) is 38.6 Å². The first kappa shape index (κ1) is 16.4. The predicted octanol–water partition coefficient (Wildman–Crippen LogP) is 4.18. The number of aromatic amines is 2. The monoisotopic (exact) mass is 344 g/mol. The van der Waals surface area contributed by atoms with Gasteiger partial charge in [0.15, 0.2) is 0 Å². The van der Waals surface area contributed by atoms with Gasteiger partial charge in [-0.1, -0.05) is 13.0 Å². The summed E-state index contributed by atoms with van der Waals surface area (Å²) < 4.78 is 0. The van der Waals surface area contributed by atoms with Crippen molar-refractivity contribution in [1.82, 2.24) is 15.0 Å². The number of hydrogen-bond acceptors (Lipinski definition) is 3. The Labute approximate surface area is 151 Å². The summed E-state index contributed by atoms with van der Waals surface area (Å²) >= 11 is 0. The third kappa shape index (κ3) is 2.23. The lowest BCUT2D eigenvalue weighted by Gasteiger charge is -2.28. The summed E-state index contributed by atoms with van der Waals surface area (Å²) in [5.74, 6) is 0.500. The minimum Gasteiger partial charge on any atom is -0.377 e. The molecule has 5 heteroatoms. The summed E-state index contributed by atoms with van der Waals surface area (Å²) in [4.78, 5) is 11.1. The summed E-state index contributed by atoms with van der Waals surface area (Å²) in [5.41, 5.74) is 4.87. The molecule has 0 aliphatic heterocycles. The molecular weight excluding hydrogens is 324 g/mol. The Morgan fingerprint density at radius 2 is 2.00 bits per heavy atom. The molecule has 4 aromatic rings. The predicted molar refractivity (Wildman–Crippen MR) is 102 cm³/mol. The highest BCUT2D eigenvalue weighted by Gasteiger charge is 2.36. The highest BCUT2D eigenvalue weighted by Crippen LogP contribution is 2.39. The molecule has 0 fully saturated rings. The summed E-state index contributed by atoms with van der Waals surface area (Å²) in [7, 11) is 0. The van der Waals surface area contributed by atoms with E-state index in [2.05, 4.69) is 34.0 Å². The van der Waals surface area contributed by atoms with Crippen molar-refractivity contribution in [3.63, 3.8) is 0 Å². The Balaban J connectivity index is 1.99. The van der Waals surface area contributed by atoms with Crippen LogP contribution in [0, 0.1) is 25.2 Å². The van der Waals surface area contributed by atoms with Crippen molar-refractivity contribution in [2.45, 2.75) is 32.8 Å². The molecule has 0 amide bonds. The second-order valence-electron chi connectivity index (χ2n) is 6.79. The van der Waals surface area contributed by atoms with Gasteiger partial charge >= 0.3 is 0 Å². The van der Waals surface area contributed by atoms with E-state index in [1.54, 1.807) is 18.2 Å². The normalized spacial score (nSPS) is 13.8. The smallest absolute Gasteiger partial charge is 0.148 e. The standard InChI is InChI=1S/C21H20N4O/c1-4-21(26,18-12(2)9-13(3)19-15(18)7-8-23-19)20-24-16-6-5-14(11-22)10-17(16)25-20/h5-10,23,26H,4H2,1-3H3,(H,24,25). The number of H-pyrrole nitrogens is 2. The molecule has 0 spiro atoms. The number of aryl methyl sites for hydroxylation is 2. The quantitative estimate of drug-likeness (QED) is 0.521. The number of nitriles is 1. The van der Waals surface area contributed by atoms with Gasteiger partial charge in [0.2, 0.25) is 0 Å². The number of nitrogens with one attached hydrogen (secondary N) is 2. The molecule has 5 nitrogen and oxygen atoms in total. The fraction of sp³-hybridized carbons (Fsp3) is 0.238. The van der Waals surface area contributed by atoms with Crippen molar-refractivity contribution in [3.8, 4) is 6.07 Å². The van der Waals surface area contributed by atoms with E-state index in [0.29, 0.717) is 17.8 Å². The molecule has 0 saturated carbocycles. The lowest BCUT2D eigenvalue weighted by atomic mass is 9.84. The third-order valence-electron chi connectivity index (χ3n) is 5.17. The van der Waals surface area contributed by atoms with Crippen molar-refractivity contribution in [1.29, 1.82) is 5.26 Å². The minimum absolute atomic E-state index is 0.474. The molecule has 0 bridgehead atoms. The van der Waals surface area contributed by atoms with Crippen LogP contribution in [0.15, 0.2) is 36.5 Å². The maximum atomic E-state index is 11.7. The summed E-state index contributed by atoms with van der Waals surface area (Å²) in [5, 5.41) is 21.8. The van der Waals surface area contributed by atoms with Gasteiger partial charge in [0.1, 0.15) is 11.4 Å². The van der Waals surface area contributed by atoms with E-state index in [9.17, 15) is 5.11 Å². The molecule has 0 saturated heterocycles. The third-order valence-corrected chi connectivity index (χ3v) is 5.17. The largest absolute Gasteiger partial charge is 0.377 e. The van der Waals surface area contributed by atoms with Crippen LogP contribution < -0.4 is 0 Å². The van der Waals surface area contributed by atoms with Crippen molar-refractivity contribution >= 4 is 21.9 Å². The Bertz CT molecular complexity index is 1180. The minimum atomic E-state index is -1.25. The maximum absolute atomic E-state index is 11.7. The van der Waals surface area contributed by atoms with E-state index in [1.165, 1.54) is 0 Å². The van der Waals surface area contributed by atoms with E-state index in [-0.39, 0.29) is 0 Å². The maximum Gasteiger partial charge on any atom is 0.148 e. The van der Waals surface area contributed by atoms with Gasteiger partial charge in [-0.15, -0.1) is 0 Å².